The van der Waals surface area contributed by atoms with E-state index in [1.165, 1.54) is 0 Å². The van der Waals surface area contributed by atoms with E-state index in [9.17, 15) is 4.79 Å². The average molecular weight is 218 g/mol. The summed E-state index contributed by atoms with van der Waals surface area (Å²) in [4.78, 5) is 11.8. The number of nitrogens with zero attached hydrogens (tertiary/aromatic N) is 1. The van der Waals surface area contributed by atoms with Crippen molar-refractivity contribution in [2.45, 2.75) is 50.5 Å². The van der Waals surface area contributed by atoms with Crippen molar-refractivity contribution in [1.29, 1.82) is 5.26 Å². The third-order valence-electron chi connectivity index (χ3n) is 3.61. The second-order valence-corrected chi connectivity index (χ2v) is 4.92. The Labute approximate surface area is 96.5 Å². The average Bonchev–Trinajstić information content (AvgIpc) is 2.90. The van der Waals surface area contributed by atoms with E-state index in [0.717, 1.165) is 38.5 Å². The Kier molecular flexibility index (Phi) is 3.28. The molecule has 1 saturated carbocycles. The van der Waals surface area contributed by atoms with Gasteiger partial charge in [-0.25, -0.2) is 0 Å². The van der Waals surface area contributed by atoms with Gasteiger partial charge in [-0.3, -0.25) is 4.79 Å². The standard InChI is InChI=1S/C13H18N2O/c14-10-13(7-3-4-8-13)15-12(16)9-11-5-1-2-6-11/h1,5,11H,2-4,6-9H2,(H,15,16). The quantitative estimate of drug-likeness (QED) is 0.739. The molecule has 16 heavy (non-hydrogen) atoms. The van der Waals surface area contributed by atoms with E-state index < -0.39 is 5.54 Å². The normalized spacial score (nSPS) is 26.6. The number of carbonyl (C=O) groups excluding carboxylic acids is 1. The fourth-order valence-corrected chi connectivity index (χ4v) is 2.66. The van der Waals surface area contributed by atoms with Crippen molar-refractivity contribution < 1.29 is 4.79 Å². The van der Waals surface area contributed by atoms with E-state index in [1.807, 2.05) is 0 Å². The Hall–Kier alpha value is -1.30. The molecule has 1 N–H and O–H groups in total. The molecule has 3 nitrogen and oxygen atoms in total. The number of hydrogen-bond acceptors (Lipinski definition) is 2. The second-order valence-electron chi connectivity index (χ2n) is 4.92. The summed E-state index contributed by atoms with van der Waals surface area (Å²) in [7, 11) is 0. The Balaban J connectivity index is 1.86. The molecule has 1 unspecified atom stereocenters. The zero-order chi connectivity index (χ0) is 11.4. The first-order valence-corrected chi connectivity index (χ1v) is 6.13. The van der Waals surface area contributed by atoms with Gasteiger partial charge in [0.2, 0.25) is 5.91 Å². The maximum Gasteiger partial charge on any atom is 0.221 e. The number of carbonyl (C=O) groups is 1. The van der Waals surface area contributed by atoms with E-state index in [4.69, 9.17) is 5.26 Å². The lowest BCUT2D eigenvalue weighted by Gasteiger charge is -2.22. The monoisotopic (exact) mass is 218 g/mol. The molecule has 0 aromatic carbocycles. The van der Waals surface area contributed by atoms with Crippen LogP contribution in [0, 0.1) is 17.2 Å². The van der Waals surface area contributed by atoms with Gasteiger partial charge >= 0.3 is 0 Å². The SMILES string of the molecule is N#CC1(NC(=O)CC2C=CCC2)CCCC1. The Bertz CT molecular complexity index is 334. The predicted octanol–water partition coefficient (Wildman–Crippen LogP) is 2.30. The Morgan fingerprint density at radius 1 is 1.50 bits per heavy atom. The lowest BCUT2D eigenvalue weighted by Crippen LogP contribution is -2.45. The van der Waals surface area contributed by atoms with Gasteiger partial charge in [0.25, 0.3) is 0 Å². The summed E-state index contributed by atoms with van der Waals surface area (Å²) in [5, 5.41) is 12.1. The molecule has 0 aromatic rings. The summed E-state index contributed by atoms with van der Waals surface area (Å²) in [5.74, 6) is 0.428. The van der Waals surface area contributed by atoms with Gasteiger partial charge in [-0.15, -0.1) is 0 Å². The molecule has 86 valence electrons. The van der Waals surface area contributed by atoms with Gasteiger partial charge in [0.15, 0.2) is 0 Å². The molecule has 0 radical (unpaired) electrons. The first-order valence-electron chi connectivity index (χ1n) is 6.13. The first-order chi connectivity index (χ1) is 7.74. The van der Waals surface area contributed by atoms with Crippen molar-refractivity contribution in [3.63, 3.8) is 0 Å². The summed E-state index contributed by atoms with van der Waals surface area (Å²) in [5.41, 5.74) is -0.556. The first kappa shape index (κ1) is 11.2. The summed E-state index contributed by atoms with van der Waals surface area (Å²) in [6.07, 6.45) is 10.7. The van der Waals surface area contributed by atoms with E-state index in [-0.39, 0.29) is 5.91 Å². The molecule has 2 aliphatic carbocycles. The maximum atomic E-state index is 11.8. The number of amides is 1. The Morgan fingerprint density at radius 2 is 2.25 bits per heavy atom. The molecule has 0 bridgehead atoms. The van der Waals surface area contributed by atoms with Crippen LogP contribution in [-0.2, 0) is 4.79 Å². The molecule has 0 spiro atoms. The zero-order valence-corrected chi connectivity index (χ0v) is 9.54. The van der Waals surface area contributed by atoms with Crippen molar-refractivity contribution in [2.24, 2.45) is 5.92 Å². The fraction of sp³-hybridized carbons (Fsp3) is 0.692. The highest BCUT2D eigenvalue weighted by Crippen LogP contribution is 2.29. The van der Waals surface area contributed by atoms with Gasteiger partial charge in [0.1, 0.15) is 5.54 Å². The maximum absolute atomic E-state index is 11.8. The van der Waals surface area contributed by atoms with Crippen LogP contribution in [0.4, 0.5) is 0 Å². The number of rotatable bonds is 3. The van der Waals surface area contributed by atoms with Crippen LogP contribution in [-0.4, -0.2) is 11.4 Å². The van der Waals surface area contributed by atoms with Gasteiger partial charge in [0.05, 0.1) is 6.07 Å². The fourth-order valence-electron chi connectivity index (χ4n) is 2.66. The van der Waals surface area contributed by atoms with Crippen molar-refractivity contribution >= 4 is 5.91 Å². The molecule has 1 atom stereocenters. The minimum Gasteiger partial charge on any atom is -0.338 e. The van der Waals surface area contributed by atoms with Crippen molar-refractivity contribution in [3.05, 3.63) is 12.2 Å². The second kappa shape index (κ2) is 4.69. The Morgan fingerprint density at radius 3 is 2.81 bits per heavy atom. The van der Waals surface area contributed by atoms with Crippen molar-refractivity contribution in [1.82, 2.24) is 5.32 Å². The van der Waals surface area contributed by atoms with Gasteiger partial charge in [-0.05, 0) is 44.4 Å². The van der Waals surface area contributed by atoms with Crippen molar-refractivity contribution in [2.75, 3.05) is 0 Å². The van der Waals surface area contributed by atoms with E-state index >= 15 is 0 Å². The number of nitriles is 1. The highest BCUT2D eigenvalue weighted by molar-refractivity contribution is 5.77. The highest BCUT2D eigenvalue weighted by atomic mass is 16.1. The van der Waals surface area contributed by atoms with E-state index in [2.05, 4.69) is 23.5 Å². The molecule has 0 aliphatic heterocycles. The van der Waals surface area contributed by atoms with Gasteiger partial charge in [-0.2, -0.15) is 5.26 Å². The van der Waals surface area contributed by atoms with E-state index in [0.29, 0.717) is 12.3 Å². The van der Waals surface area contributed by atoms with Crippen LogP contribution in [0.3, 0.4) is 0 Å². The van der Waals surface area contributed by atoms with Crippen LogP contribution in [0.2, 0.25) is 0 Å². The van der Waals surface area contributed by atoms with E-state index in [1.54, 1.807) is 0 Å². The molecule has 0 heterocycles. The molecule has 2 aliphatic rings. The topological polar surface area (TPSA) is 52.9 Å². The molecule has 1 fully saturated rings. The summed E-state index contributed by atoms with van der Waals surface area (Å²) in [6.45, 7) is 0. The smallest absolute Gasteiger partial charge is 0.221 e. The molecule has 0 saturated heterocycles. The van der Waals surface area contributed by atoms with Gasteiger partial charge in [-0.1, -0.05) is 12.2 Å². The molecule has 3 heteroatoms. The number of hydrogen-bond donors (Lipinski definition) is 1. The zero-order valence-electron chi connectivity index (χ0n) is 9.54. The van der Waals surface area contributed by atoms with Crippen LogP contribution in [0.5, 0.6) is 0 Å². The predicted molar refractivity (Wildman–Crippen MR) is 61.4 cm³/mol. The van der Waals surface area contributed by atoms with Gasteiger partial charge < -0.3 is 5.32 Å². The van der Waals surface area contributed by atoms with Gasteiger partial charge in [0, 0.05) is 6.42 Å². The summed E-state index contributed by atoms with van der Waals surface area (Å²) < 4.78 is 0. The molecular formula is C13H18N2O. The number of nitrogens with one attached hydrogen (secondary N) is 1. The third kappa shape index (κ3) is 2.44. The lowest BCUT2D eigenvalue weighted by molar-refractivity contribution is -0.123. The molecule has 0 aromatic heterocycles. The molecular weight excluding hydrogens is 200 g/mol. The number of allylic oxidation sites excluding steroid dienone is 2. The van der Waals surface area contributed by atoms with Crippen LogP contribution in [0.15, 0.2) is 12.2 Å². The van der Waals surface area contributed by atoms with Crippen LogP contribution in [0.25, 0.3) is 0 Å². The largest absolute Gasteiger partial charge is 0.338 e. The summed E-state index contributed by atoms with van der Waals surface area (Å²) >= 11 is 0. The van der Waals surface area contributed by atoms with Crippen LogP contribution in [0.1, 0.15) is 44.9 Å². The molecule has 2 rings (SSSR count). The minimum atomic E-state index is -0.556. The third-order valence-corrected chi connectivity index (χ3v) is 3.61. The lowest BCUT2D eigenvalue weighted by atomic mass is 9.98. The summed E-state index contributed by atoms with van der Waals surface area (Å²) in [6, 6.07) is 2.28. The van der Waals surface area contributed by atoms with Crippen LogP contribution >= 0.6 is 0 Å². The minimum absolute atomic E-state index is 0.0417. The van der Waals surface area contributed by atoms with Crippen molar-refractivity contribution in [3.8, 4) is 6.07 Å². The highest BCUT2D eigenvalue weighted by Gasteiger charge is 2.35. The van der Waals surface area contributed by atoms with Crippen LogP contribution < -0.4 is 5.32 Å². The molecule has 1 amide bonds.